The fraction of sp³-hybridized carbons (Fsp3) is 0.611. The summed E-state index contributed by atoms with van der Waals surface area (Å²) < 4.78 is 5.64. The first-order valence-corrected chi connectivity index (χ1v) is 8.37. The van der Waals surface area contributed by atoms with E-state index in [1.807, 2.05) is 31.2 Å². The number of β-amino-alcohol motifs (C(OH)–C–C–N with tert-alkyl or cyclic N) is 1. The quantitative estimate of drug-likeness (QED) is 0.801. The fourth-order valence-electron chi connectivity index (χ4n) is 2.95. The van der Waals surface area contributed by atoms with E-state index in [0.29, 0.717) is 19.1 Å². The molecule has 0 bridgehead atoms. The molecule has 2 unspecified atom stereocenters. The number of nitrogens with zero attached hydrogens (tertiary/aromatic N) is 1. The van der Waals surface area contributed by atoms with Crippen LogP contribution in [0.25, 0.3) is 0 Å². The summed E-state index contributed by atoms with van der Waals surface area (Å²) >= 11 is 0. The lowest BCUT2D eigenvalue weighted by Crippen LogP contribution is -2.44. The van der Waals surface area contributed by atoms with Crippen molar-refractivity contribution >= 4 is 5.91 Å². The number of nitrogens with one attached hydrogen (secondary N) is 1. The van der Waals surface area contributed by atoms with Crippen molar-refractivity contribution < 1.29 is 14.6 Å². The number of hydrogen-bond donors (Lipinski definition) is 2. The fourth-order valence-corrected chi connectivity index (χ4v) is 2.95. The van der Waals surface area contributed by atoms with E-state index in [9.17, 15) is 9.90 Å². The van der Waals surface area contributed by atoms with Crippen molar-refractivity contribution in [1.82, 2.24) is 10.2 Å². The van der Waals surface area contributed by atoms with Crippen molar-refractivity contribution in [2.24, 2.45) is 5.92 Å². The van der Waals surface area contributed by atoms with Crippen molar-refractivity contribution in [2.75, 3.05) is 32.8 Å². The van der Waals surface area contributed by atoms with Crippen LogP contribution in [0.4, 0.5) is 0 Å². The normalized spacial score (nSPS) is 20.0. The van der Waals surface area contributed by atoms with Crippen molar-refractivity contribution in [3.05, 3.63) is 29.8 Å². The van der Waals surface area contributed by atoms with Crippen LogP contribution in [-0.2, 0) is 4.79 Å². The van der Waals surface area contributed by atoms with E-state index >= 15 is 0 Å². The first kappa shape index (κ1) is 17.8. The second-order valence-corrected chi connectivity index (χ2v) is 6.48. The van der Waals surface area contributed by atoms with E-state index < -0.39 is 6.10 Å². The monoisotopic (exact) mass is 320 g/mol. The molecule has 1 saturated heterocycles. The predicted octanol–water partition coefficient (Wildman–Crippen LogP) is 1.58. The average molecular weight is 320 g/mol. The van der Waals surface area contributed by atoms with Crippen LogP contribution in [0.2, 0.25) is 0 Å². The highest BCUT2D eigenvalue weighted by molar-refractivity contribution is 5.72. The highest BCUT2D eigenvalue weighted by atomic mass is 16.5. The Labute approximate surface area is 138 Å². The molecule has 1 aliphatic rings. The van der Waals surface area contributed by atoms with Gasteiger partial charge in [-0.15, -0.1) is 0 Å². The van der Waals surface area contributed by atoms with Crippen LogP contribution in [0.5, 0.6) is 5.75 Å². The van der Waals surface area contributed by atoms with Gasteiger partial charge in [0.05, 0.1) is 0 Å². The van der Waals surface area contributed by atoms with Crippen molar-refractivity contribution in [3.8, 4) is 5.75 Å². The molecule has 1 amide bonds. The van der Waals surface area contributed by atoms with Gasteiger partial charge in [-0.05, 0) is 44.4 Å². The molecule has 1 aromatic carbocycles. The Bertz CT molecular complexity index is 490. The number of aryl methyl sites for hydroxylation is 1. The molecule has 0 aliphatic carbocycles. The van der Waals surface area contributed by atoms with Crippen LogP contribution < -0.4 is 10.1 Å². The Hall–Kier alpha value is -1.59. The molecule has 0 saturated carbocycles. The second-order valence-electron chi connectivity index (χ2n) is 6.48. The van der Waals surface area contributed by atoms with Gasteiger partial charge in [0.2, 0.25) is 5.91 Å². The van der Waals surface area contributed by atoms with E-state index in [2.05, 4.69) is 10.2 Å². The molecular formula is C18H28N2O3. The van der Waals surface area contributed by atoms with Gasteiger partial charge in [0.25, 0.3) is 0 Å². The number of benzene rings is 1. The molecule has 2 N–H and O–H groups in total. The Morgan fingerprint density at radius 2 is 2.17 bits per heavy atom. The van der Waals surface area contributed by atoms with Gasteiger partial charge in [-0.1, -0.05) is 17.7 Å². The average Bonchev–Trinajstić information content (AvgIpc) is 2.53. The first-order chi connectivity index (χ1) is 11.0. The van der Waals surface area contributed by atoms with Gasteiger partial charge in [0.15, 0.2) is 0 Å². The number of piperidine rings is 1. The molecule has 1 aliphatic heterocycles. The summed E-state index contributed by atoms with van der Waals surface area (Å²) in [5.74, 6) is 1.28. The summed E-state index contributed by atoms with van der Waals surface area (Å²) in [6.45, 7) is 7.14. The van der Waals surface area contributed by atoms with Crippen LogP contribution in [0.1, 0.15) is 25.3 Å². The van der Waals surface area contributed by atoms with E-state index in [4.69, 9.17) is 4.74 Å². The van der Waals surface area contributed by atoms with Gasteiger partial charge >= 0.3 is 0 Å². The molecule has 0 spiro atoms. The summed E-state index contributed by atoms with van der Waals surface area (Å²) in [5.41, 5.74) is 1.19. The van der Waals surface area contributed by atoms with Crippen molar-refractivity contribution in [3.63, 3.8) is 0 Å². The molecule has 1 heterocycles. The SMILES string of the molecule is CC(=O)NCC1CCCN(CC(O)COc2ccc(C)cc2)C1. The molecule has 23 heavy (non-hydrogen) atoms. The summed E-state index contributed by atoms with van der Waals surface area (Å²) in [4.78, 5) is 13.3. The molecule has 2 rings (SSSR count). The number of aliphatic hydroxyl groups is 1. The van der Waals surface area contributed by atoms with Gasteiger partial charge in [0, 0.05) is 26.6 Å². The molecule has 1 aromatic rings. The van der Waals surface area contributed by atoms with Crippen molar-refractivity contribution in [1.29, 1.82) is 0 Å². The predicted molar refractivity (Wildman–Crippen MR) is 90.5 cm³/mol. The van der Waals surface area contributed by atoms with Gasteiger partial charge in [0.1, 0.15) is 18.5 Å². The zero-order valence-corrected chi connectivity index (χ0v) is 14.1. The largest absolute Gasteiger partial charge is 0.491 e. The van der Waals surface area contributed by atoms with Gasteiger partial charge in [-0.25, -0.2) is 0 Å². The molecule has 2 atom stereocenters. The summed E-state index contributed by atoms with van der Waals surface area (Å²) in [6, 6.07) is 7.84. The van der Waals surface area contributed by atoms with Gasteiger partial charge in [-0.2, -0.15) is 0 Å². The van der Waals surface area contributed by atoms with E-state index in [-0.39, 0.29) is 5.91 Å². The lowest BCUT2D eigenvalue weighted by Gasteiger charge is -2.33. The van der Waals surface area contributed by atoms with E-state index in [1.165, 1.54) is 5.56 Å². The molecule has 0 radical (unpaired) electrons. The van der Waals surface area contributed by atoms with Crippen LogP contribution >= 0.6 is 0 Å². The van der Waals surface area contributed by atoms with Gasteiger partial charge in [-0.3, -0.25) is 4.79 Å². The topological polar surface area (TPSA) is 61.8 Å². The first-order valence-electron chi connectivity index (χ1n) is 8.37. The Kier molecular flexibility index (Phi) is 6.86. The summed E-state index contributed by atoms with van der Waals surface area (Å²) in [7, 11) is 0. The minimum Gasteiger partial charge on any atom is -0.491 e. The number of amides is 1. The number of aliphatic hydroxyl groups excluding tert-OH is 1. The minimum atomic E-state index is -0.504. The number of carbonyl (C=O) groups is 1. The highest BCUT2D eigenvalue weighted by Gasteiger charge is 2.22. The van der Waals surface area contributed by atoms with Crippen LogP contribution in [0, 0.1) is 12.8 Å². The smallest absolute Gasteiger partial charge is 0.216 e. The third kappa shape index (κ3) is 6.59. The Morgan fingerprint density at radius 1 is 1.43 bits per heavy atom. The molecule has 5 heteroatoms. The van der Waals surface area contributed by atoms with Crippen LogP contribution in [0.3, 0.4) is 0 Å². The lowest BCUT2D eigenvalue weighted by molar-refractivity contribution is -0.119. The van der Waals surface area contributed by atoms with Crippen LogP contribution in [0.15, 0.2) is 24.3 Å². The zero-order chi connectivity index (χ0) is 16.7. The second kappa shape index (κ2) is 8.89. The summed E-state index contributed by atoms with van der Waals surface area (Å²) in [5, 5.41) is 13.1. The maximum Gasteiger partial charge on any atom is 0.216 e. The zero-order valence-electron chi connectivity index (χ0n) is 14.1. The molecular weight excluding hydrogens is 292 g/mol. The Balaban J connectivity index is 1.70. The van der Waals surface area contributed by atoms with Crippen molar-refractivity contribution in [2.45, 2.75) is 32.8 Å². The number of rotatable bonds is 7. The van der Waals surface area contributed by atoms with E-state index in [0.717, 1.165) is 38.2 Å². The maximum atomic E-state index is 11.0. The molecule has 128 valence electrons. The standard InChI is InChI=1S/C18H28N2O3/c1-14-5-7-18(8-6-14)23-13-17(22)12-20-9-3-4-16(11-20)10-19-15(2)21/h5-8,16-17,22H,3-4,9-13H2,1-2H3,(H,19,21). The van der Waals surface area contributed by atoms with Crippen LogP contribution in [-0.4, -0.2) is 54.8 Å². The number of hydrogen-bond acceptors (Lipinski definition) is 4. The molecule has 0 aromatic heterocycles. The number of likely N-dealkylation sites (tertiary alicyclic amines) is 1. The number of carbonyl (C=O) groups excluding carboxylic acids is 1. The van der Waals surface area contributed by atoms with Gasteiger partial charge < -0.3 is 20.1 Å². The highest BCUT2D eigenvalue weighted by Crippen LogP contribution is 2.16. The minimum absolute atomic E-state index is 0.0219. The maximum absolute atomic E-state index is 11.0. The molecule has 5 nitrogen and oxygen atoms in total. The lowest BCUT2D eigenvalue weighted by atomic mass is 9.97. The third-order valence-corrected chi connectivity index (χ3v) is 4.18. The van der Waals surface area contributed by atoms with E-state index in [1.54, 1.807) is 6.92 Å². The summed E-state index contributed by atoms with van der Waals surface area (Å²) in [6.07, 6.45) is 1.73. The Morgan fingerprint density at radius 3 is 2.87 bits per heavy atom. The number of ether oxygens (including phenoxy) is 1. The third-order valence-electron chi connectivity index (χ3n) is 4.18. The molecule has 1 fully saturated rings.